The monoisotopic (exact) mass is 296 g/mol. The molecular formula is C17H28O4. The van der Waals surface area contributed by atoms with Crippen LogP contribution in [0.4, 0.5) is 0 Å². The molecule has 0 saturated carbocycles. The van der Waals surface area contributed by atoms with E-state index in [1.165, 1.54) is 45.4 Å². The van der Waals surface area contributed by atoms with Gasteiger partial charge in [-0.05, 0) is 19.8 Å². The zero-order valence-corrected chi connectivity index (χ0v) is 13.3. The summed E-state index contributed by atoms with van der Waals surface area (Å²) in [6.07, 6.45) is 10.6. The van der Waals surface area contributed by atoms with Crippen molar-refractivity contribution >= 4 is 11.8 Å². The van der Waals surface area contributed by atoms with Gasteiger partial charge in [0.15, 0.2) is 5.78 Å². The number of carbonyl (C=O) groups excluding carboxylic acids is 2. The van der Waals surface area contributed by atoms with Crippen molar-refractivity contribution in [1.29, 1.82) is 0 Å². The van der Waals surface area contributed by atoms with E-state index < -0.39 is 11.8 Å². The Balaban J connectivity index is 2.18. The number of carbonyl (C=O) groups is 2. The highest BCUT2D eigenvalue weighted by Crippen LogP contribution is 2.24. The van der Waals surface area contributed by atoms with E-state index in [1.54, 1.807) is 0 Å². The largest absolute Gasteiger partial charge is 0.511 e. The number of hydrogen-bond acceptors (Lipinski definition) is 4. The Hall–Kier alpha value is -1.32. The molecule has 0 spiro atoms. The third-order valence-corrected chi connectivity index (χ3v) is 3.92. The molecule has 0 aliphatic carbocycles. The molecule has 0 fully saturated rings. The molecule has 1 N–H and O–H groups in total. The van der Waals surface area contributed by atoms with Gasteiger partial charge >= 0.3 is 5.97 Å². The molecule has 1 heterocycles. The second-order valence-corrected chi connectivity index (χ2v) is 5.87. The molecule has 4 nitrogen and oxygen atoms in total. The highest BCUT2D eigenvalue weighted by atomic mass is 16.5. The van der Waals surface area contributed by atoms with Crippen molar-refractivity contribution < 1.29 is 19.4 Å². The zero-order valence-electron chi connectivity index (χ0n) is 13.3. The van der Waals surface area contributed by atoms with Crippen LogP contribution < -0.4 is 0 Å². The summed E-state index contributed by atoms with van der Waals surface area (Å²) >= 11 is 0. The number of ether oxygens (including phenoxy) is 1. The summed E-state index contributed by atoms with van der Waals surface area (Å²) in [7, 11) is 0. The molecule has 1 atom stereocenters. The highest BCUT2D eigenvalue weighted by Gasteiger charge is 2.31. The number of ketones is 1. The lowest BCUT2D eigenvalue weighted by atomic mass is 9.99. The van der Waals surface area contributed by atoms with Crippen LogP contribution in [0, 0.1) is 0 Å². The van der Waals surface area contributed by atoms with Gasteiger partial charge in [-0.15, -0.1) is 0 Å². The summed E-state index contributed by atoms with van der Waals surface area (Å²) in [4.78, 5) is 22.8. The maximum atomic E-state index is 11.6. The highest BCUT2D eigenvalue weighted by molar-refractivity contribution is 6.17. The second kappa shape index (κ2) is 9.59. The van der Waals surface area contributed by atoms with Crippen molar-refractivity contribution in [2.24, 2.45) is 0 Å². The molecule has 0 saturated heterocycles. The van der Waals surface area contributed by atoms with E-state index in [9.17, 15) is 14.7 Å². The van der Waals surface area contributed by atoms with Crippen molar-refractivity contribution in [2.75, 3.05) is 0 Å². The first kappa shape index (κ1) is 17.7. The van der Waals surface area contributed by atoms with Crippen LogP contribution in [-0.2, 0) is 14.3 Å². The van der Waals surface area contributed by atoms with Crippen molar-refractivity contribution in [2.45, 2.75) is 84.2 Å². The fraction of sp³-hybridized carbons (Fsp3) is 0.765. The first-order valence-corrected chi connectivity index (χ1v) is 8.20. The molecule has 0 radical (unpaired) electrons. The SMILES string of the molecule is CCCCCCCCCCC1CC(O)=C(C(C)=O)C(=O)O1. The van der Waals surface area contributed by atoms with Gasteiger partial charge in [0, 0.05) is 6.42 Å². The van der Waals surface area contributed by atoms with Crippen molar-refractivity contribution in [3.63, 3.8) is 0 Å². The molecule has 0 aromatic heterocycles. The predicted molar refractivity (Wildman–Crippen MR) is 82.1 cm³/mol. The fourth-order valence-electron chi connectivity index (χ4n) is 2.70. The van der Waals surface area contributed by atoms with Crippen LogP contribution in [-0.4, -0.2) is 23.0 Å². The van der Waals surface area contributed by atoms with Crippen LogP contribution in [0.1, 0.15) is 78.1 Å². The minimum absolute atomic E-state index is 0.108. The van der Waals surface area contributed by atoms with Crippen LogP contribution in [0.2, 0.25) is 0 Å². The normalized spacial score (nSPS) is 18.8. The third-order valence-electron chi connectivity index (χ3n) is 3.92. The maximum Gasteiger partial charge on any atom is 0.345 e. The first-order chi connectivity index (χ1) is 10.1. The predicted octanol–water partition coefficient (Wildman–Crippen LogP) is 4.23. The minimum atomic E-state index is -0.671. The molecular weight excluding hydrogens is 268 g/mol. The quantitative estimate of drug-likeness (QED) is 0.372. The first-order valence-electron chi connectivity index (χ1n) is 8.20. The molecule has 1 aliphatic rings. The van der Waals surface area contributed by atoms with Gasteiger partial charge in [0.25, 0.3) is 0 Å². The van der Waals surface area contributed by atoms with E-state index in [0.717, 1.165) is 19.3 Å². The third kappa shape index (κ3) is 6.32. The van der Waals surface area contributed by atoms with Crippen LogP contribution in [0.5, 0.6) is 0 Å². The van der Waals surface area contributed by atoms with Crippen molar-refractivity contribution in [1.82, 2.24) is 0 Å². The fourth-order valence-corrected chi connectivity index (χ4v) is 2.70. The number of rotatable bonds is 10. The number of cyclic esters (lactones) is 1. The second-order valence-electron chi connectivity index (χ2n) is 5.87. The van der Waals surface area contributed by atoms with Gasteiger partial charge in [-0.2, -0.15) is 0 Å². The van der Waals surface area contributed by atoms with Gasteiger partial charge in [-0.25, -0.2) is 4.79 Å². The molecule has 120 valence electrons. The van der Waals surface area contributed by atoms with Crippen LogP contribution >= 0.6 is 0 Å². The van der Waals surface area contributed by atoms with E-state index >= 15 is 0 Å². The minimum Gasteiger partial charge on any atom is -0.511 e. The molecule has 0 aromatic carbocycles. The smallest absolute Gasteiger partial charge is 0.345 e. The van der Waals surface area contributed by atoms with Gasteiger partial charge < -0.3 is 9.84 Å². The van der Waals surface area contributed by atoms with Gasteiger partial charge in [0.1, 0.15) is 17.4 Å². The Morgan fingerprint density at radius 3 is 2.24 bits per heavy atom. The lowest BCUT2D eigenvalue weighted by Gasteiger charge is -2.23. The number of aliphatic hydroxyl groups excluding tert-OH is 1. The molecule has 1 unspecified atom stereocenters. The Bertz CT molecular complexity index is 384. The van der Waals surface area contributed by atoms with E-state index in [-0.39, 0.29) is 23.9 Å². The average Bonchev–Trinajstić information content (AvgIpc) is 2.40. The summed E-state index contributed by atoms with van der Waals surface area (Å²) < 4.78 is 5.21. The average molecular weight is 296 g/mol. The molecule has 1 aliphatic heterocycles. The topological polar surface area (TPSA) is 63.6 Å². The van der Waals surface area contributed by atoms with Gasteiger partial charge in [0.05, 0.1) is 0 Å². The summed E-state index contributed by atoms with van der Waals surface area (Å²) in [5.74, 6) is -1.21. The van der Waals surface area contributed by atoms with Gasteiger partial charge in [0.2, 0.25) is 0 Å². The summed E-state index contributed by atoms with van der Waals surface area (Å²) in [6, 6.07) is 0. The Labute approximate surface area is 127 Å². The Morgan fingerprint density at radius 1 is 1.14 bits per heavy atom. The standard InChI is InChI=1S/C17H28O4/c1-3-4-5-6-7-8-9-10-11-14-12-15(19)16(13(2)18)17(20)21-14/h14,19H,3-12H2,1-2H3. The lowest BCUT2D eigenvalue weighted by molar-refractivity contribution is -0.148. The molecule has 1 rings (SSSR count). The number of Topliss-reactive ketones (excluding diaryl/α,β-unsaturated/α-hetero) is 1. The van der Waals surface area contributed by atoms with E-state index in [1.807, 2.05) is 0 Å². The van der Waals surface area contributed by atoms with E-state index in [0.29, 0.717) is 0 Å². The van der Waals surface area contributed by atoms with Crippen molar-refractivity contribution in [3.05, 3.63) is 11.3 Å². The number of hydrogen-bond donors (Lipinski definition) is 1. The summed E-state index contributed by atoms with van der Waals surface area (Å²) in [5, 5.41) is 9.76. The molecule has 21 heavy (non-hydrogen) atoms. The van der Waals surface area contributed by atoms with Gasteiger partial charge in [-0.1, -0.05) is 51.9 Å². The number of aliphatic hydroxyl groups is 1. The Morgan fingerprint density at radius 2 is 1.71 bits per heavy atom. The van der Waals surface area contributed by atoms with Crippen LogP contribution in [0.25, 0.3) is 0 Å². The van der Waals surface area contributed by atoms with E-state index in [2.05, 4.69) is 6.92 Å². The maximum absolute atomic E-state index is 11.6. The van der Waals surface area contributed by atoms with Crippen LogP contribution in [0.3, 0.4) is 0 Å². The summed E-state index contributed by atoms with van der Waals surface area (Å²) in [5.41, 5.74) is -0.179. The summed E-state index contributed by atoms with van der Waals surface area (Å²) in [6.45, 7) is 3.48. The zero-order chi connectivity index (χ0) is 15.7. The number of esters is 1. The molecule has 0 aromatic rings. The molecule has 0 amide bonds. The molecule has 4 heteroatoms. The van der Waals surface area contributed by atoms with Gasteiger partial charge in [-0.3, -0.25) is 4.79 Å². The van der Waals surface area contributed by atoms with Crippen molar-refractivity contribution in [3.8, 4) is 0 Å². The lowest BCUT2D eigenvalue weighted by Crippen LogP contribution is -2.29. The molecule has 0 bridgehead atoms. The van der Waals surface area contributed by atoms with E-state index in [4.69, 9.17) is 4.74 Å². The number of unbranched alkanes of at least 4 members (excludes halogenated alkanes) is 7. The Kier molecular flexibility index (Phi) is 8.09. The van der Waals surface area contributed by atoms with Crippen LogP contribution in [0.15, 0.2) is 11.3 Å².